The summed E-state index contributed by atoms with van der Waals surface area (Å²) in [4.78, 5) is 16.6. The van der Waals surface area contributed by atoms with Crippen LogP contribution in [0.1, 0.15) is 42.3 Å². The van der Waals surface area contributed by atoms with Crippen LogP contribution in [0.4, 0.5) is 0 Å². The summed E-state index contributed by atoms with van der Waals surface area (Å²) >= 11 is 1.63. The van der Waals surface area contributed by atoms with Gasteiger partial charge in [-0.1, -0.05) is 48.5 Å². The number of nitrogens with zero attached hydrogens (tertiary/aromatic N) is 4. The summed E-state index contributed by atoms with van der Waals surface area (Å²) in [5.74, 6) is 1.62. The van der Waals surface area contributed by atoms with Gasteiger partial charge in [-0.3, -0.25) is 4.79 Å². The molecule has 29 heavy (non-hydrogen) atoms. The second kappa shape index (κ2) is 9.27. The molecule has 2 heterocycles. The van der Waals surface area contributed by atoms with Crippen molar-refractivity contribution in [3.8, 4) is 0 Å². The largest absolute Gasteiger partial charge is 0.341 e. The van der Waals surface area contributed by atoms with Gasteiger partial charge in [-0.25, -0.2) is 0 Å². The molecule has 1 aliphatic rings. The number of thioether (sulfide) groups is 1. The summed E-state index contributed by atoms with van der Waals surface area (Å²) in [5, 5.41) is 8.16. The van der Waals surface area contributed by atoms with Crippen LogP contribution >= 0.6 is 11.8 Å². The maximum absolute atomic E-state index is 13.5. The first kappa shape index (κ1) is 19.7. The molecular weight excluding hydrogens is 380 g/mol. The lowest BCUT2D eigenvalue weighted by molar-refractivity contribution is -0.131. The first-order valence-electron chi connectivity index (χ1n) is 10.2. The van der Waals surface area contributed by atoms with Gasteiger partial charge in [-0.15, -0.1) is 22.0 Å². The van der Waals surface area contributed by atoms with E-state index in [0.29, 0.717) is 5.92 Å². The van der Waals surface area contributed by atoms with E-state index >= 15 is 0 Å². The summed E-state index contributed by atoms with van der Waals surface area (Å²) in [7, 11) is 0. The predicted octanol–water partition coefficient (Wildman–Crippen LogP) is 4.54. The van der Waals surface area contributed by atoms with Crippen LogP contribution < -0.4 is 0 Å². The summed E-state index contributed by atoms with van der Waals surface area (Å²) < 4.78 is 2.11. The number of likely N-dealkylation sites (tertiary alicyclic amines) is 1. The van der Waals surface area contributed by atoms with Crippen molar-refractivity contribution in [1.29, 1.82) is 0 Å². The number of carbonyl (C=O) groups is 1. The smallest absolute Gasteiger partial charge is 0.240 e. The van der Waals surface area contributed by atoms with Crippen LogP contribution in [-0.4, -0.2) is 38.7 Å². The molecule has 0 spiro atoms. The standard InChI is InChI=1S/C23H26N4OS/c1-2-26-17-24-25-22(26)19-13-15-27(16-14-19)23(28)21(18-9-5-3-6-10-18)29-20-11-7-4-8-12-20/h3-12,17,19,21H,2,13-16H2,1H3. The van der Waals surface area contributed by atoms with Crippen molar-refractivity contribution < 1.29 is 4.79 Å². The molecule has 150 valence electrons. The summed E-state index contributed by atoms with van der Waals surface area (Å²) in [6.07, 6.45) is 3.67. The number of hydrogen-bond donors (Lipinski definition) is 0. The average molecular weight is 407 g/mol. The Morgan fingerprint density at radius 2 is 1.72 bits per heavy atom. The molecule has 0 aliphatic carbocycles. The van der Waals surface area contributed by atoms with Gasteiger partial charge in [0.05, 0.1) is 0 Å². The highest BCUT2D eigenvalue weighted by atomic mass is 32.2. The zero-order valence-electron chi connectivity index (χ0n) is 16.6. The lowest BCUT2D eigenvalue weighted by Crippen LogP contribution is -2.40. The van der Waals surface area contributed by atoms with Gasteiger partial charge in [-0.2, -0.15) is 0 Å². The Balaban J connectivity index is 1.48. The van der Waals surface area contributed by atoms with Gasteiger partial charge in [-0.05, 0) is 37.5 Å². The highest BCUT2D eigenvalue weighted by Gasteiger charge is 2.31. The Bertz CT molecular complexity index is 920. The molecule has 1 unspecified atom stereocenters. The van der Waals surface area contributed by atoms with Crippen LogP contribution in [0.3, 0.4) is 0 Å². The number of carbonyl (C=O) groups excluding carboxylic acids is 1. The lowest BCUT2D eigenvalue weighted by Gasteiger charge is -2.34. The molecule has 1 aliphatic heterocycles. The minimum absolute atomic E-state index is 0.195. The van der Waals surface area contributed by atoms with Gasteiger partial charge in [0.2, 0.25) is 5.91 Å². The van der Waals surface area contributed by atoms with Crippen molar-refractivity contribution in [3.63, 3.8) is 0 Å². The number of rotatable bonds is 6. The maximum atomic E-state index is 13.5. The number of amides is 1. The predicted molar refractivity (Wildman–Crippen MR) is 116 cm³/mol. The van der Waals surface area contributed by atoms with Gasteiger partial charge < -0.3 is 9.47 Å². The molecule has 1 atom stereocenters. The van der Waals surface area contributed by atoms with E-state index in [4.69, 9.17) is 0 Å². The molecule has 1 aromatic heterocycles. The molecule has 0 bridgehead atoms. The van der Waals surface area contributed by atoms with Crippen molar-refractivity contribution in [1.82, 2.24) is 19.7 Å². The topological polar surface area (TPSA) is 51.0 Å². The van der Waals surface area contributed by atoms with Gasteiger partial charge in [0, 0.05) is 30.4 Å². The normalized spacial score (nSPS) is 16.0. The van der Waals surface area contributed by atoms with E-state index in [1.807, 2.05) is 41.3 Å². The number of aryl methyl sites for hydroxylation is 1. The van der Waals surface area contributed by atoms with Crippen LogP contribution in [0.25, 0.3) is 0 Å². The highest BCUT2D eigenvalue weighted by molar-refractivity contribution is 8.00. The Morgan fingerprint density at radius 1 is 1.07 bits per heavy atom. The van der Waals surface area contributed by atoms with E-state index in [1.54, 1.807) is 18.1 Å². The molecule has 6 heteroatoms. The molecule has 1 amide bonds. The first-order chi connectivity index (χ1) is 14.3. The lowest BCUT2D eigenvalue weighted by atomic mass is 9.95. The van der Waals surface area contributed by atoms with E-state index in [9.17, 15) is 4.79 Å². The third-order valence-corrected chi connectivity index (χ3v) is 6.74. The zero-order valence-corrected chi connectivity index (χ0v) is 17.5. The van der Waals surface area contributed by atoms with E-state index < -0.39 is 0 Å². The van der Waals surface area contributed by atoms with Crippen LogP contribution in [0.15, 0.2) is 71.9 Å². The molecule has 4 rings (SSSR count). The summed E-state index contributed by atoms with van der Waals surface area (Å²) in [5.41, 5.74) is 1.05. The second-order valence-electron chi connectivity index (χ2n) is 7.30. The van der Waals surface area contributed by atoms with E-state index in [1.165, 1.54) is 0 Å². The van der Waals surface area contributed by atoms with Gasteiger partial charge in [0.15, 0.2) is 0 Å². The average Bonchev–Trinajstić information content (AvgIpc) is 3.27. The molecule has 0 saturated carbocycles. The zero-order chi connectivity index (χ0) is 20.1. The first-order valence-corrected chi connectivity index (χ1v) is 11.1. The fraction of sp³-hybridized carbons (Fsp3) is 0.348. The van der Waals surface area contributed by atoms with E-state index in [2.05, 4.69) is 46.0 Å². The molecule has 1 fully saturated rings. The number of hydrogen-bond acceptors (Lipinski definition) is 4. The second-order valence-corrected chi connectivity index (χ2v) is 8.47. The highest BCUT2D eigenvalue weighted by Crippen LogP contribution is 2.38. The molecule has 0 N–H and O–H groups in total. The minimum atomic E-state index is -0.227. The van der Waals surface area contributed by atoms with E-state index in [-0.39, 0.29) is 11.2 Å². The Kier molecular flexibility index (Phi) is 6.30. The van der Waals surface area contributed by atoms with Gasteiger partial charge in [0.1, 0.15) is 17.4 Å². The summed E-state index contributed by atoms with van der Waals surface area (Å²) in [6.45, 7) is 4.51. The third kappa shape index (κ3) is 4.53. The van der Waals surface area contributed by atoms with Crippen molar-refractivity contribution in [2.45, 2.75) is 42.4 Å². The molecule has 1 saturated heterocycles. The van der Waals surface area contributed by atoms with Crippen LogP contribution in [0.2, 0.25) is 0 Å². The van der Waals surface area contributed by atoms with Crippen molar-refractivity contribution >= 4 is 17.7 Å². The van der Waals surface area contributed by atoms with Crippen LogP contribution in [0, 0.1) is 0 Å². The SMILES string of the molecule is CCn1cnnc1C1CCN(C(=O)C(Sc2ccccc2)c2ccccc2)CC1. The fourth-order valence-corrected chi connectivity index (χ4v) is 5.00. The number of benzene rings is 2. The van der Waals surface area contributed by atoms with Crippen molar-refractivity contribution in [2.24, 2.45) is 0 Å². The monoisotopic (exact) mass is 406 g/mol. The minimum Gasteiger partial charge on any atom is -0.341 e. The maximum Gasteiger partial charge on any atom is 0.240 e. The Labute approximate surface area is 176 Å². The molecular formula is C23H26N4OS. The molecule has 3 aromatic rings. The van der Waals surface area contributed by atoms with Crippen LogP contribution in [0.5, 0.6) is 0 Å². The fourth-order valence-electron chi connectivity index (χ4n) is 3.87. The molecule has 0 radical (unpaired) electrons. The molecule has 2 aromatic carbocycles. The molecule has 5 nitrogen and oxygen atoms in total. The number of piperidine rings is 1. The van der Waals surface area contributed by atoms with Crippen molar-refractivity contribution in [3.05, 3.63) is 78.4 Å². The van der Waals surface area contributed by atoms with Crippen LogP contribution in [-0.2, 0) is 11.3 Å². The number of aromatic nitrogens is 3. The Hall–Kier alpha value is -2.60. The van der Waals surface area contributed by atoms with Gasteiger partial charge >= 0.3 is 0 Å². The third-order valence-electron chi connectivity index (χ3n) is 5.48. The quantitative estimate of drug-likeness (QED) is 0.564. The van der Waals surface area contributed by atoms with Crippen molar-refractivity contribution in [2.75, 3.05) is 13.1 Å². The van der Waals surface area contributed by atoms with Gasteiger partial charge in [0.25, 0.3) is 0 Å². The summed E-state index contributed by atoms with van der Waals surface area (Å²) in [6, 6.07) is 20.3. The Morgan fingerprint density at radius 3 is 2.38 bits per heavy atom. The van der Waals surface area contributed by atoms with E-state index in [0.717, 1.165) is 48.8 Å².